The summed E-state index contributed by atoms with van der Waals surface area (Å²) >= 11 is 0. The fourth-order valence-electron chi connectivity index (χ4n) is 2.91. The molecule has 7 heteroatoms. The minimum absolute atomic E-state index is 0.214. The van der Waals surface area contributed by atoms with Crippen molar-refractivity contribution in [1.82, 2.24) is 25.2 Å². The van der Waals surface area contributed by atoms with Crippen molar-refractivity contribution in [2.24, 2.45) is 0 Å². The molecule has 30 heavy (non-hydrogen) atoms. The van der Waals surface area contributed by atoms with Gasteiger partial charge in [-0.15, -0.1) is 0 Å². The molecule has 0 bridgehead atoms. The predicted molar refractivity (Wildman–Crippen MR) is 120 cm³/mol. The lowest BCUT2D eigenvalue weighted by atomic mass is 10.1. The Balaban J connectivity index is 1.74. The summed E-state index contributed by atoms with van der Waals surface area (Å²) in [6.07, 6.45) is 7.21. The van der Waals surface area contributed by atoms with Crippen LogP contribution in [0.5, 0.6) is 5.75 Å². The number of fused-ring (bicyclic) bond motifs is 1. The van der Waals surface area contributed by atoms with Crippen molar-refractivity contribution in [2.45, 2.75) is 12.8 Å². The van der Waals surface area contributed by atoms with Crippen LogP contribution in [0, 0.1) is 0 Å². The maximum atomic E-state index is 12.7. The molecule has 0 fully saturated rings. The van der Waals surface area contributed by atoms with Gasteiger partial charge in [-0.2, -0.15) is 0 Å². The van der Waals surface area contributed by atoms with Crippen molar-refractivity contribution in [3.05, 3.63) is 82.8 Å². The van der Waals surface area contributed by atoms with Gasteiger partial charge in [-0.1, -0.05) is 6.58 Å². The zero-order valence-electron chi connectivity index (χ0n) is 17.6. The number of benzene rings is 1. The summed E-state index contributed by atoms with van der Waals surface area (Å²) in [4.78, 5) is 26.0. The van der Waals surface area contributed by atoms with Crippen molar-refractivity contribution < 1.29 is 4.74 Å². The first-order valence-electron chi connectivity index (χ1n) is 9.80. The summed E-state index contributed by atoms with van der Waals surface area (Å²) < 4.78 is 5.83. The quantitative estimate of drug-likeness (QED) is 0.421. The fourth-order valence-corrected chi connectivity index (χ4v) is 2.91. The molecule has 0 aliphatic carbocycles. The lowest BCUT2D eigenvalue weighted by Gasteiger charge is -2.14. The topological polar surface area (TPSA) is 83.1 Å². The molecule has 0 aliphatic rings. The van der Waals surface area contributed by atoms with Crippen LogP contribution in [0.15, 0.2) is 65.9 Å². The third-order valence-electron chi connectivity index (χ3n) is 4.71. The average molecular weight is 406 g/mol. The monoisotopic (exact) mass is 405 g/mol. The van der Waals surface area contributed by atoms with Gasteiger partial charge in [0.1, 0.15) is 5.75 Å². The SMILES string of the molecule is C=C(/C=C(\NC)c1nc2ccc(OCCCc3ccncc3)cc2c(=O)[nH]1)N(C)C. The molecular formula is C23H27N5O2. The molecule has 0 saturated carbocycles. The Labute approximate surface area is 176 Å². The van der Waals surface area contributed by atoms with Crippen LogP contribution in [-0.4, -0.2) is 47.6 Å². The highest BCUT2D eigenvalue weighted by molar-refractivity contribution is 5.80. The third-order valence-corrected chi connectivity index (χ3v) is 4.71. The van der Waals surface area contributed by atoms with E-state index in [4.69, 9.17) is 4.74 Å². The van der Waals surface area contributed by atoms with Crippen LogP contribution in [0.1, 0.15) is 17.8 Å². The predicted octanol–water partition coefficient (Wildman–Crippen LogP) is 2.97. The number of rotatable bonds is 9. The van der Waals surface area contributed by atoms with Crippen LogP contribution in [0.25, 0.3) is 16.6 Å². The molecule has 0 aliphatic heterocycles. The number of aromatic nitrogens is 3. The number of likely N-dealkylation sites (N-methyl/N-ethyl adjacent to an activating group) is 1. The minimum atomic E-state index is -0.214. The first kappa shape index (κ1) is 21.1. The van der Waals surface area contributed by atoms with E-state index >= 15 is 0 Å². The van der Waals surface area contributed by atoms with Gasteiger partial charge >= 0.3 is 0 Å². The molecule has 2 aromatic heterocycles. The van der Waals surface area contributed by atoms with Gasteiger partial charge < -0.3 is 19.9 Å². The summed E-state index contributed by atoms with van der Waals surface area (Å²) in [5.41, 5.74) is 3.09. The summed E-state index contributed by atoms with van der Waals surface area (Å²) in [6.45, 7) is 4.55. The van der Waals surface area contributed by atoms with E-state index in [1.54, 1.807) is 31.6 Å². The van der Waals surface area contributed by atoms with E-state index in [2.05, 4.69) is 26.8 Å². The molecule has 156 valence electrons. The molecule has 0 amide bonds. The smallest absolute Gasteiger partial charge is 0.259 e. The lowest BCUT2D eigenvalue weighted by molar-refractivity contribution is 0.311. The van der Waals surface area contributed by atoms with E-state index in [1.807, 2.05) is 43.3 Å². The third kappa shape index (κ3) is 5.26. The Morgan fingerprint density at radius 1 is 1.27 bits per heavy atom. The van der Waals surface area contributed by atoms with Crippen LogP contribution in [-0.2, 0) is 6.42 Å². The van der Waals surface area contributed by atoms with Crippen molar-refractivity contribution in [2.75, 3.05) is 27.7 Å². The van der Waals surface area contributed by atoms with Crippen LogP contribution in [0.4, 0.5) is 0 Å². The van der Waals surface area contributed by atoms with Gasteiger partial charge in [-0.05, 0) is 54.8 Å². The molecule has 0 saturated heterocycles. The number of nitrogens with zero attached hydrogens (tertiary/aromatic N) is 3. The Hall–Kier alpha value is -3.61. The van der Waals surface area contributed by atoms with E-state index in [-0.39, 0.29) is 5.56 Å². The summed E-state index contributed by atoms with van der Waals surface area (Å²) in [5.74, 6) is 1.12. The maximum absolute atomic E-state index is 12.7. The van der Waals surface area contributed by atoms with Gasteiger partial charge in [0.25, 0.3) is 5.56 Å². The number of allylic oxidation sites excluding steroid dienone is 1. The van der Waals surface area contributed by atoms with Gasteiger partial charge in [-0.25, -0.2) is 4.98 Å². The molecule has 0 atom stereocenters. The molecule has 0 radical (unpaired) electrons. The normalized spacial score (nSPS) is 11.4. The Kier molecular flexibility index (Phi) is 6.85. The number of pyridine rings is 1. The van der Waals surface area contributed by atoms with Crippen LogP contribution < -0.4 is 15.6 Å². The molecule has 2 N–H and O–H groups in total. The Bertz CT molecular complexity index is 1100. The highest BCUT2D eigenvalue weighted by Crippen LogP contribution is 2.19. The standard InChI is InChI=1S/C23H27N5O2/c1-16(28(3)4)14-21(24-2)22-26-20-8-7-18(15-19(20)23(29)27-22)30-13-5-6-17-9-11-25-12-10-17/h7-12,14-15,24H,1,5-6,13H2,2-4H3,(H,26,27,29)/b21-14-. The van der Waals surface area contributed by atoms with Crippen LogP contribution in [0.2, 0.25) is 0 Å². The summed E-state index contributed by atoms with van der Waals surface area (Å²) in [6, 6.07) is 9.38. The second kappa shape index (κ2) is 9.73. The fraction of sp³-hybridized carbons (Fsp3) is 0.261. The van der Waals surface area contributed by atoms with E-state index in [0.717, 1.165) is 18.5 Å². The Morgan fingerprint density at radius 3 is 2.73 bits per heavy atom. The van der Waals surface area contributed by atoms with E-state index in [1.165, 1.54) is 5.56 Å². The zero-order chi connectivity index (χ0) is 21.5. The van der Waals surface area contributed by atoms with Gasteiger partial charge in [0, 0.05) is 39.2 Å². The van der Waals surface area contributed by atoms with Crippen LogP contribution in [0.3, 0.4) is 0 Å². The summed E-state index contributed by atoms with van der Waals surface area (Å²) in [5, 5.41) is 3.56. The number of hydrogen-bond acceptors (Lipinski definition) is 6. The first-order valence-corrected chi connectivity index (χ1v) is 9.80. The van der Waals surface area contributed by atoms with Gasteiger partial charge in [-0.3, -0.25) is 9.78 Å². The maximum Gasteiger partial charge on any atom is 0.259 e. The Morgan fingerprint density at radius 2 is 2.03 bits per heavy atom. The molecule has 2 heterocycles. The van der Waals surface area contributed by atoms with E-state index in [9.17, 15) is 4.79 Å². The van der Waals surface area contributed by atoms with Gasteiger partial charge in [0.05, 0.1) is 23.2 Å². The van der Waals surface area contributed by atoms with Crippen molar-refractivity contribution in [3.8, 4) is 5.75 Å². The van der Waals surface area contributed by atoms with Crippen molar-refractivity contribution >= 4 is 16.6 Å². The van der Waals surface area contributed by atoms with Crippen molar-refractivity contribution in [3.63, 3.8) is 0 Å². The molecule has 0 unspecified atom stereocenters. The molecule has 3 aromatic rings. The molecular weight excluding hydrogens is 378 g/mol. The molecule has 1 aromatic carbocycles. The summed E-state index contributed by atoms with van der Waals surface area (Å²) in [7, 11) is 5.59. The van der Waals surface area contributed by atoms with E-state index in [0.29, 0.717) is 34.8 Å². The number of aryl methyl sites for hydroxylation is 1. The average Bonchev–Trinajstić information content (AvgIpc) is 2.75. The molecule has 3 rings (SSSR count). The number of nitrogens with one attached hydrogen (secondary N) is 2. The second-order valence-corrected chi connectivity index (χ2v) is 7.09. The van der Waals surface area contributed by atoms with Gasteiger partial charge in [0.15, 0.2) is 5.82 Å². The largest absolute Gasteiger partial charge is 0.494 e. The van der Waals surface area contributed by atoms with E-state index < -0.39 is 0 Å². The molecule has 7 nitrogen and oxygen atoms in total. The number of hydrogen-bond donors (Lipinski definition) is 2. The second-order valence-electron chi connectivity index (χ2n) is 7.09. The number of ether oxygens (including phenoxy) is 1. The van der Waals surface area contributed by atoms with Crippen molar-refractivity contribution in [1.29, 1.82) is 0 Å². The molecule has 0 spiro atoms. The zero-order valence-corrected chi connectivity index (χ0v) is 17.6. The number of H-pyrrole nitrogens is 1. The minimum Gasteiger partial charge on any atom is -0.494 e. The number of aromatic amines is 1. The highest BCUT2D eigenvalue weighted by Gasteiger charge is 2.09. The van der Waals surface area contributed by atoms with Crippen LogP contribution >= 0.6 is 0 Å². The lowest BCUT2D eigenvalue weighted by Crippen LogP contribution is -2.17. The highest BCUT2D eigenvalue weighted by atomic mass is 16.5. The van der Waals surface area contributed by atoms with Gasteiger partial charge in [0.2, 0.25) is 0 Å². The first-order chi connectivity index (χ1) is 14.5.